The number of aliphatic imine (C=N–C) groups is 1. The van der Waals surface area contributed by atoms with Crippen molar-refractivity contribution in [1.82, 2.24) is 9.80 Å². The second kappa shape index (κ2) is 7.78. The number of rotatable bonds is 4. The highest BCUT2D eigenvalue weighted by Gasteiger charge is 2.45. The normalized spacial score (nSPS) is 15.8. The lowest BCUT2D eigenvalue weighted by Gasteiger charge is -2.38. The van der Waals surface area contributed by atoms with Crippen LogP contribution in [0.2, 0.25) is 0 Å². The third-order valence-corrected chi connectivity index (χ3v) is 6.64. The van der Waals surface area contributed by atoms with E-state index < -0.39 is 5.60 Å². The minimum atomic E-state index is -1.65. The number of aliphatic hydroxyl groups is 1. The first-order valence-electron chi connectivity index (χ1n) is 8.81. The van der Waals surface area contributed by atoms with Crippen LogP contribution in [0, 0.1) is 0 Å². The Bertz CT molecular complexity index is 894. The molecule has 4 rings (SSSR count). The molecule has 0 atom stereocenters. The van der Waals surface area contributed by atoms with Gasteiger partial charge in [-0.05, 0) is 29.0 Å². The van der Waals surface area contributed by atoms with Gasteiger partial charge in [0.05, 0.1) is 16.0 Å². The first kappa shape index (κ1) is 18.7. The summed E-state index contributed by atoms with van der Waals surface area (Å²) < 4.78 is 5.19. The van der Waals surface area contributed by atoms with Crippen molar-refractivity contribution in [2.75, 3.05) is 26.2 Å². The van der Waals surface area contributed by atoms with Crippen LogP contribution in [0.4, 0.5) is 5.88 Å². The van der Waals surface area contributed by atoms with Crippen LogP contribution in [-0.2, 0) is 10.4 Å². The third kappa shape index (κ3) is 3.44. The lowest BCUT2D eigenvalue weighted by Crippen LogP contribution is -2.56. The molecule has 0 bridgehead atoms. The Morgan fingerprint density at radius 3 is 2.14 bits per heavy atom. The van der Waals surface area contributed by atoms with Crippen LogP contribution in [0.25, 0.3) is 0 Å². The van der Waals surface area contributed by atoms with E-state index in [0.717, 1.165) is 0 Å². The van der Waals surface area contributed by atoms with E-state index >= 15 is 0 Å². The van der Waals surface area contributed by atoms with Gasteiger partial charge in [0.1, 0.15) is 0 Å². The van der Waals surface area contributed by atoms with Crippen molar-refractivity contribution in [3.05, 3.63) is 63.2 Å². The molecule has 0 aromatic carbocycles. The average molecular weight is 417 g/mol. The summed E-state index contributed by atoms with van der Waals surface area (Å²) in [7, 11) is 0. The maximum Gasteiger partial charge on any atom is 0.265 e. The van der Waals surface area contributed by atoms with E-state index in [1.54, 1.807) is 35.4 Å². The zero-order chi connectivity index (χ0) is 19.6. The number of piperazine rings is 1. The second-order valence-electron chi connectivity index (χ2n) is 6.37. The summed E-state index contributed by atoms with van der Waals surface area (Å²) in [5, 5.41) is 15.2. The molecule has 3 N–H and O–H groups in total. The molecule has 1 fully saturated rings. The Kier molecular flexibility index (Phi) is 5.21. The summed E-state index contributed by atoms with van der Waals surface area (Å²) in [6, 6.07) is 10.8. The number of amides is 1. The van der Waals surface area contributed by atoms with Crippen molar-refractivity contribution in [2.45, 2.75) is 5.60 Å². The van der Waals surface area contributed by atoms with Crippen LogP contribution in [0.1, 0.15) is 9.75 Å². The number of hydrogen-bond acceptors (Lipinski definition) is 6. The molecule has 1 amide bonds. The fourth-order valence-corrected chi connectivity index (χ4v) is 4.91. The summed E-state index contributed by atoms with van der Waals surface area (Å²) in [5.74, 6) is 0.494. The Morgan fingerprint density at radius 1 is 1.04 bits per heavy atom. The number of guanidine groups is 1. The summed E-state index contributed by atoms with van der Waals surface area (Å²) in [6.45, 7) is 1.97. The van der Waals surface area contributed by atoms with Gasteiger partial charge in [-0.3, -0.25) is 4.79 Å². The zero-order valence-corrected chi connectivity index (χ0v) is 16.7. The predicted molar refractivity (Wildman–Crippen MR) is 110 cm³/mol. The monoisotopic (exact) mass is 416 g/mol. The van der Waals surface area contributed by atoms with Crippen LogP contribution in [0.15, 0.2) is 62.8 Å². The maximum atomic E-state index is 13.3. The molecule has 0 unspecified atom stereocenters. The van der Waals surface area contributed by atoms with E-state index in [4.69, 9.17) is 10.2 Å². The van der Waals surface area contributed by atoms with Gasteiger partial charge < -0.3 is 25.1 Å². The standard InChI is InChI=1S/C19H20N4O3S2/c20-18(21-16-6-1-11-26-16)23-9-7-22(8-10-23)17(24)19(25,14-4-2-12-27-14)15-5-3-13-28-15/h1-6,11-13,25H,7-10H2,(H2,20,21). The van der Waals surface area contributed by atoms with E-state index in [-0.39, 0.29) is 5.91 Å². The summed E-state index contributed by atoms with van der Waals surface area (Å²) >= 11 is 2.75. The minimum Gasteiger partial charge on any atom is -0.447 e. The predicted octanol–water partition coefficient (Wildman–Crippen LogP) is 2.43. The molecule has 9 heteroatoms. The van der Waals surface area contributed by atoms with E-state index in [9.17, 15) is 9.90 Å². The molecular weight excluding hydrogens is 396 g/mol. The topological polar surface area (TPSA) is 95.3 Å². The molecule has 4 heterocycles. The van der Waals surface area contributed by atoms with Crippen LogP contribution in [-0.4, -0.2) is 53.0 Å². The number of carbonyl (C=O) groups is 1. The van der Waals surface area contributed by atoms with Gasteiger partial charge in [0, 0.05) is 32.2 Å². The van der Waals surface area contributed by atoms with Gasteiger partial charge in [0.15, 0.2) is 5.96 Å². The fraction of sp³-hybridized carbons (Fsp3) is 0.263. The van der Waals surface area contributed by atoms with Gasteiger partial charge in [0.25, 0.3) is 5.91 Å². The Morgan fingerprint density at radius 2 is 1.64 bits per heavy atom. The quantitative estimate of drug-likeness (QED) is 0.503. The average Bonchev–Trinajstić information content (AvgIpc) is 3.50. The molecule has 0 radical (unpaired) electrons. The van der Waals surface area contributed by atoms with Gasteiger partial charge in [-0.2, -0.15) is 4.99 Å². The van der Waals surface area contributed by atoms with Crippen molar-refractivity contribution in [1.29, 1.82) is 0 Å². The first-order chi connectivity index (χ1) is 13.6. The lowest BCUT2D eigenvalue weighted by molar-refractivity contribution is -0.148. The van der Waals surface area contributed by atoms with Gasteiger partial charge >= 0.3 is 0 Å². The van der Waals surface area contributed by atoms with Gasteiger partial charge in [-0.1, -0.05) is 12.1 Å². The van der Waals surface area contributed by atoms with E-state index in [1.165, 1.54) is 22.7 Å². The molecule has 1 aliphatic rings. The largest absolute Gasteiger partial charge is 0.447 e. The number of carbonyl (C=O) groups excluding carboxylic acids is 1. The van der Waals surface area contributed by atoms with Crippen molar-refractivity contribution >= 4 is 40.4 Å². The highest BCUT2D eigenvalue weighted by atomic mass is 32.1. The zero-order valence-electron chi connectivity index (χ0n) is 15.0. The van der Waals surface area contributed by atoms with E-state index in [2.05, 4.69) is 4.99 Å². The van der Waals surface area contributed by atoms with Crippen molar-refractivity contribution in [2.24, 2.45) is 10.7 Å². The van der Waals surface area contributed by atoms with Crippen LogP contribution in [0.3, 0.4) is 0 Å². The Balaban J connectivity index is 1.50. The van der Waals surface area contributed by atoms with Crippen LogP contribution < -0.4 is 5.73 Å². The van der Waals surface area contributed by atoms with E-state index in [0.29, 0.717) is 47.8 Å². The molecule has 3 aromatic heterocycles. The molecule has 146 valence electrons. The van der Waals surface area contributed by atoms with E-state index in [1.807, 2.05) is 27.8 Å². The first-order valence-corrected chi connectivity index (χ1v) is 10.6. The Labute approximate surface area is 170 Å². The highest BCUT2D eigenvalue weighted by molar-refractivity contribution is 7.12. The molecule has 0 spiro atoms. The number of thiophene rings is 2. The van der Waals surface area contributed by atoms with Gasteiger partial charge in [0.2, 0.25) is 11.5 Å². The molecule has 7 nitrogen and oxygen atoms in total. The number of nitrogens with two attached hydrogens (primary N) is 1. The fourth-order valence-electron chi connectivity index (χ4n) is 3.19. The molecule has 0 aliphatic carbocycles. The number of furan rings is 1. The Hall–Kier alpha value is -2.62. The smallest absolute Gasteiger partial charge is 0.265 e. The molecule has 0 saturated carbocycles. The summed E-state index contributed by atoms with van der Waals surface area (Å²) in [6.07, 6.45) is 1.54. The minimum absolute atomic E-state index is 0.307. The second-order valence-corrected chi connectivity index (χ2v) is 8.26. The van der Waals surface area contributed by atoms with Crippen LogP contribution >= 0.6 is 22.7 Å². The lowest BCUT2D eigenvalue weighted by atomic mass is 9.97. The third-order valence-electron chi connectivity index (χ3n) is 4.69. The van der Waals surface area contributed by atoms with Crippen molar-refractivity contribution < 1.29 is 14.3 Å². The molecule has 1 saturated heterocycles. The van der Waals surface area contributed by atoms with Gasteiger partial charge in [-0.15, -0.1) is 22.7 Å². The maximum absolute atomic E-state index is 13.3. The molecule has 3 aromatic rings. The van der Waals surface area contributed by atoms with Gasteiger partial charge in [-0.25, -0.2) is 0 Å². The number of nitrogens with zero attached hydrogens (tertiary/aromatic N) is 3. The van der Waals surface area contributed by atoms with Crippen LogP contribution in [0.5, 0.6) is 0 Å². The van der Waals surface area contributed by atoms with Crippen molar-refractivity contribution in [3.8, 4) is 0 Å². The summed E-state index contributed by atoms with van der Waals surface area (Å²) in [5.41, 5.74) is 4.41. The molecular formula is C19H20N4O3S2. The number of hydrogen-bond donors (Lipinski definition) is 2. The van der Waals surface area contributed by atoms with Crippen molar-refractivity contribution in [3.63, 3.8) is 0 Å². The highest BCUT2D eigenvalue weighted by Crippen LogP contribution is 2.37. The summed E-state index contributed by atoms with van der Waals surface area (Å²) in [4.78, 5) is 22.4. The molecule has 28 heavy (non-hydrogen) atoms. The SMILES string of the molecule is N/C(=N\c1ccco1)N1CCN(C(=O)C(O)(c2cccs2)c2cccs2)CC1. The molecule has 1 aliphatic heterocycles.